The molecule has 4 aromatic rings. The Morgan fingerprint density at radius 2 is 1.55 bits per heavy atom. The third kappa shape index (κ3) is 5.67. The lowest BCUT2D eigenvalue weighted by atomic mass is 10.2. The first-order valence-corrected chi connectivity index (χ1v) is 11.3. The van der Waals surface area contributed by atoms with Gasteiger partial charge in [0.05, 0.1) is 15.8 Å². The van der Waals surface area contributed by atoms with Crippen LogP contribution >= 0.6 is 35.0 Å². The first-order valence-electron chi connectivity index (χ1n) is 9.39. The number of anilines is 1. The van der Waals surface area contributed by atoms with Crippen molar-refractivity contribution in [3.8, 4) is 22.9 Å². The molecule has 0 saturated heterocycles. The summed E-state index contributed by atoms with van der Waals surface area (Å²) >= 11 is 13.4. The third-order valence-electron chi connectivity index (χ3n) is 4.35. The van der Waals surface area contributed by atoms with Gasteiger partial charge in [-0.3, -0.25) is 4.79 Å². The molecule has 0 spiro atoms. The Morgan fingerprint density at radius 1 is 0.871 bits per heavy atom. The topological polar surface area (TPSA) is 68.0 Å². The molecule has 0 bridgehead atoms. The lowest BCUT2D eigenvalue weighted by molar-refractivity contribution is -0.113. The molecule has 1 amide bonds. The number of carbonyl (C=O) groups is 1. The molecule has 0 aliphatic rings. The van der Waals surface area contributed by atoms with E-state index < -0.39 is 0 Å². The molecule has 0 radical (unpaired) electrons. The molecule has 1 aromatic heterocycles. The third-order valence-corrected chi connectivity index (χ3v) is 6.09. The summed E-state index contributed by atoms with van der Waals surface area (Å²) in [5.74, 6) is 1.80. The molecular formula is C23H17Cl2N3O2S. The monoisotopic (exact) mass is 469 g/mol. The van der Waals surface area contributed by atoms with Gasteiger partial charge in [-0.2, -0.15) is 0 Å². The highest BCUT2D eigenvalue weighted by Gasteiger charge is 2.11. The Balaban J connectivity index is 1.30. The summed E-state index contributed by atoms with van der Waals surface area (Å²) in [7, 11) is 0. The number of amides is 1. The Bertz CT molecular complexity index is 1180. The van der Waals surface area contributed by atoms with E-state index in [2.05, 4.69) is 15.5 Å². The highest BCUT2D eigenvalue weighted by Crippen LogP contribution is 2.26. The molecule has 1 N–H and O–H groups in total. The maximum Gasteiger partial charge on any atom is 0.248 e. The molecule has 1 heterocycles. The Labute approximate surface area is 193 Å². The van der Waals surface area contributed by atoms with Crippen molar-refractivity contribution in [3.05, 3.63) is 88.4 Å². The van der Waals surface area contributed by atoms with Crippen LogP contribution in [-0.4, -0.2) is 21.9 Å². The fraction of sp³-hybridized carbons (Fsp3) is 0.0870. The number of nitrogens with zero attached hydrogens (tertiary/aromatic N) is 2. The Kier molecular flexibility index (Phi) is 6.92. The van der Waals surface area contributed by atoms with Gasteiger partial charge in [0.1, 0.15) is 0 Å². The number of nitrogens with one attached hydrogen (secondary N) is 1. The Morgan fingerprint density at radius 3 is 2.23 bits per heavy atom. The summed E-state index contributed by atoms with van der Waals surface area (Å²) in [4.78, 5) is 12.2. The molecule has 0 saturated carbocycles. The fourth-order valence-corrected chi connectivity index (χ4v) is 3.92. The van der Waals surface area contributed by atoms with E-state index in [1.807, 2.05) is 66.7 Å². The molecule has 0 atom stereocenters. The van der Waals surface area contributed by atoms with Crippen LogP contribution in [0.4, 0.5) is 5.69 Å². The number of hydrogen-bond donors (Lipinski definition) is 1. The first kappa shape index (κ1) is 21.4. The van der Waals surface area contributed by atoms with Gasteiger partial charge in [0.2, 0.25) is 17.7 Å². The average Bonchev–Trinajstić information content (AvgIpc) is 3.28. The molecule has 5 nitrogen and oxygen atoms in total. The summed E-state index contributed by atoms with van der Waals surface area (Å²) in [6.07, 6.45) is 0. The standard InChI is InChI=1S/C23H17Cl2N3O2S/c24-19-11-6-15(12-20(19)25)13-31-14-21(29)26-18-9-7-17(8-10-18)23-28-27-22(30-23)16-4-2-1-3-5-16/h1-12H,13-14H2,(H,26,29). The number of benzene rings is 3. The summed E-state index contributed by atoms with van der Waals surface area (Å²) in [6, 6.07) is 22.3. The SMILES string of the molecule is O=C(CSCc1ccc(Cl)c(Cl)c1)Nc1ccc(-c2nnc(-c3ccccc3)o2)cc1. The van der Waals surface area contributed by atoms with E-state index in [9.17, 15) is 4.79 Å². The fourth-order valence-electron chi connectivity index (χ4n) is 2.82. The van der Waals surface area contributed by atoms with Gasteiger partial charge in [-0.25, -0.2) is 0 Å². The minimum Gasteiger partial charge on any atom is -0.416 e. The predicted octanol–water partition coefficient (Wildman–Crippen LogP) is 6.58. The summed E-state index contributed by atoms with van der Waals surface area (Å²) in [5.41, 5.74) is 3.36. The number of hydrogen-bond acceptors (Lipinski definition) is 5. The van der Waals surface area contributed by atoms with Crippen LogP contribution in [0.5, 0.6) is 0 Å². The van der Waals surface area contributed by atoms with Gasteiger partial charge in [-0.15, -0.1) is 22.0 Å². The van der Waals surface area contributed by atoms with Crippen LogP contribution in [-0.2, 0) is 10.5 Å². The largest absolute Gasteiger partial charge is 0.416 e. The quantitative estimate of drug-likeness (QED) is 0.330. The van der Waals surface area contributed by atoms with Gasteiger partial charge in [0, 0.05) is 22.6 Å². The second kappa shape index (κ2) is 10.0. The van der Waals surface area contributed by atoms with E-state index in [1.165, 1.54) is 11.8 Å². The van der Waals surface area contributed by atoms with Gasteiger partial charge in [0.25, 0.3) is 0 Å². The number of rotatable bonds is 7. The molecule has 0 aliphatic heterocycles. The second-order valence-corrected chi connectivity index (χ2v) is 8.45. The van der Waals surface area contributed by atoms with Crippen molar-refractivity contribution >= 4 is 46.6 Å². The average molecular weight is 470 g/mol. The molecule has 0 unspecified atom stereocenters. The number of aromatic nitrogens is 2. The van der Waals surface area contributed by atoms with Crippen LogP contribution in [0.25, 0.3) is 22.9 Å². The molecule has 4 rings (SSSR count). The van der Waals surface area contributed by atoms with Gasteiger partial charge < -0.3 is 9.73 Å². The highest BCUT2D eigenvalue weighted by molar-refractivity contribution is 7.99. The van der Waals surface area contributed by atoms with Crippen molar-refractivity contribution in [2.45, 2.75) is 5.75 Å². The van der Waals surface area contributed by atoms with Crippen LogP contribution in [0.2, 0.25) is 10.0 Å². The highest BCUT2D eigenvalue weighted by atomic mass is 35.5. The first-order chi connectivity index (χ1) is 15.1. The molecule has 31 heavy (non-hydrogen) atoms. The van der Waals surface area contributed by atoms with Crippen LogP contribution in [0.1, 0.15) is 5.56 Å². The molecule has 3 aromatic carbocycles. The van der Waals surface area contributed by atoms with E-state index in [4.69, 9.17) is 27.6 Å². The summed E-state index contributed by atoms with van der Waals surface area (Å²) in [6.45, 7) is 0. The zero-order chi connectivity index (χ0) is 21.6. The number of carbonyl (C=O) groups excluding carboxylic acids is 1. The molecule has 0 fully saturated rings. The number of halogens is 2. The van der Waals surface area contributed by atoms with Crippen molar-refractivity contribution in [1.29, 1.82) is 0 Å². The van der Waals surface area contributed by atoms with Crippen LogP contribution in [0.3, 0.4) is 0 Å². The lowest BCUT2D eigenvalue weighted by Crippen LogP contribution is -2.14. The van der Waals surface area contributed by atoms with Crippen LogP contribution < -0.4 is 5.32 Å². The van der Waals surface area contributed by atoms with Crippen molar-refractivity contribution in [3.63, 3.8) is 0 Å². The smallest absolute Gasteiger partial charge is 0.248 e. The van der Waals surface area contributed by atoms with E-state index in [0.29, 0.717) is 39.0 Å². The van der Waals surface area contributed by atoms with Crippen LogP contribution in [0, 0.1) is 0 Å². The summed E-state index contributed by atoms with van der Waals surface area (Å²) < 4.78 is 5.76. The van der Waals surface area contributed by atoms with Crippen LogP contribution in [0.15, 0.2) is 77.2 Å². The number of thioether (sulfide) groups is 1. The van der Waals surface area contributed by atoms with E-state index in [-0.39, 0.29) is 5.91 Å². The Hall–Kier alpha value is -2.80. The van der Waals surface area contributed by atoms with Gasteiger partial charge in [0.15, 0.2) is 0 Å². The lowest BCUT2D eigenvalue weighted by Gasteiger charge is -2.06. The van der Waals surface area contributed by atoms with E-state index >= 15 is 0 Å². The van der Waals surface area contributed by atoms with Crippen molar-refractivity contribution in [2.75, 3.05) is 11.1 Å². The summed E-state index contributed by atoms with van der Waals surface area (Å²) in [5, 5.41) is 12.1. The van der Waals surface area contributed by atoms with Crippen molar-refractivity contribution in [2.24, 2.45) is 0 Å². The minimum absolute atomic E-state index is 0.0815. The zero-order valence-corrected chi connectivity index (χ0v) is 18.5. The predicted molar refractivity (Wildman–Crippen MR) is 126 cm³/mol. The normalized spacial score (nSPS) is 10.8. The van der Waals surface area contributed by atoms with Crippen molar-refractivity contribution in [1.82, 2.24) is 10.2 Å². The molecule has 8 heteroatoms. The maximum absolute atomic E-state index is 12.2. The van der Waals surface area contributed by atoms with E-state index in [0.717, 1.165) is 16.7 Å². The molecule has 156 valence electrons. The van der Waals surface area contributed by atoms with Crippen molar-refractivity contribution < 1.29 is 9.21 Å². The van der Waals surface area contributed by atoms with Gasteiger partial charge in [-0.05, 0) is 54.1 Å². The zero-order valence-electron chi connectivity index (χ0n) is 16.2. The molecule has 0 aliphatic carbocycles. The maximum atomic E-state index is 12.2. The molecular weight excluding hydrogens is 453 g/mol. The van der Waals surface area contributed by atoms with Gasteiger partial charge >= 0.3 is 0 Å². The van der Waals surface area contributed by atoms with Gasteiger partial charge in [-0.1, -0.05) is 47.5 Å². The second-order valence-electron chi connectivity index (χ2n) is 6.65. The minimum atomic E-state index is -0.0815. The van der Waals surface area contributed by atoms with E-state index in [1.54, 1.807) is 6.07 Å².